The number of aliphatic hydroxyl groups is 1. The second kappa shape index (κ2) is 7.47. The predicted molar refractivity (Wildman–Crippen MR) is 94.1 cm³/mol. The molecule has 0 aliphatic carbocycles. The van der Waals surface area contributed by atoms with Gasteiger partial charge in [-0.3, -0.25) is 0 Å². The molecule has 3 rings (SSSR count). The van der Waals surface area contributed by atoms with Gasteiger partial charge in [-0.1, -0.05) is 18.2 Å². The van der Waals surface area contributed by atoms with Gasteiger partial charge in [-0.2, -0.15) is 0 Å². The maximum atomic E-state index is 9.01. The fraction of sp³-hybridized carbons (Fsp3) is 0.316. The normalized spacial score (nSPS) is 12.5. The highest BCUT2D eigenvalue weighted by Gasteiger charge is 2.05. The Kier molecular flexibility index (Phi) is 5.13. The topological polar surface area (TPSA) is 58.8 Å². The second-order valence-corrected chi connectivity index (χ2v) is 6.05. The Morgan fingerprint density at radius 2 is 2.04 bits per heavy atom. The van der Waals surface area contributed by atoms with Crippen molar-refractivity contribution in [3.63, 3.8) is 0 Å². The van der Waals surface area contributed by atoms with Crippen LogP contribution in [0.1, 0.15) is 23.7 Å². The van der Waals surface area contributed by atoms with E-state index in [-0.39, 0.29) is 12.6 Å². The zero-order valence-corrected chi connectivity index (χ0v) is 14.1. The maximum absolute atomic E-state index is 9.01. The first-order chi connectivity index (χ1) is 11.7. The number of hydrogen-bond donors (Lipinski definition) is 2. The monoisotopic (exact) mass is 325 g/mol. The van der Waals surface area contributed by atoms with Crippen molar-refractivity contribution in [1.82, 2.24) is 14.7 Å². The third kappa shape index (κ3) is 3.93. The minimum Gasteiger partial charge on any atom is -0.487 e. The molecule has 0 saturated carbocycles. The molecule has 0 amide bonds. The number of aromatic nitrogens is 2. The molecular formula is C19H23N3O2. The quantitative estimate of drug-likeness (QED) is 0.701. The Morgan fingerprint density at radius 1 is 1.25 bits per heavy atom. The second-order valence-electron chi connectivity index (χ2n) is 6.05. The van der Waals surface area contributed by atoms with Crippen molar-refractivity contribution < 1.29 is 9.84 Å². The molecule has 0 bridgehead atoms. The zero-order chi connectivity index (χ0) is 16.9. The molecule has 1 aromatic carbocycles. The van der Waals surface area contributed by atoms with Crippen LogP contribution in [-0.4, -0.2) is 27.1 Å². The van der Waals surface area contributed by atoms with E-state index in [1.807, 2.05) is 54.0 Å². The summed E-state index contributed by atoms with van der Waals surface area (Å²) in [4.78, 5) is 4.61. The van der Waals surface area contributed by atoms with E-state index >= 15 is 0 Å². The number of imidazole rings is 1. The molecule has 1 atom stereocenters. The molecule has 2 aromatic heterocycles. The van der Waals surface area contributed by atoms with Crippen LogP contribution in [0.25, 0.3) is 5.65 Å². The Morgan fingerprint density at radius 3 is 2.75 bits per heavy atom. The van der Waals surface area contributed by atoms with Crippen LogP contribution in [0.3, 0.4) is 0 Å². The van der Waals surface area contributed by atoms with Gasteiger partial charge >= 0.3 is 0 Å². The van der Waals surface area contributed by atoms with E-state index in [0.717, 1.165) is 34.8 Å². The lowest BCUT2D eigenvalue weighted by molar-refractivity contribution is 0.251. The van der Waals surface area contributed by atoms with Gasteiger partial charge < -0.3 is 19.6 Å². The average molecular weight is 325 g/mol. The van der Waals surface area contributed by atoms with Crippen LogP contribution in [0.5, 0.6) is 5.75 Å². The molecule has 0 fully saturated rings. The molecule has 1 unspecified atom stereocenters. The summed E-state index contributed by atoms with van der Waals surface area (Å²) in [5, 5.41) is 12.3. The van der Waals surface area contributed by atoms with Crippen molar-refractivity contribution in [2.75, 3.05) is 6.61 Å². The van der Waals surface area contributed by atoms with Gasteiger partial charge in [-0.15, -0.1) is 0 Å². The third-order valence-electron chi connectivity index (χ3n) is 3.97. The molecule has 2 heterocycles. The summed E-state index contributed by atoms with van der Waals surface area (Å²) < 4.78 is 7.85. The van der Waals surface area contributed by atoms with Crippen molar-refractivity contribution in [2.24, 2.45) is 0 Å². The minimum atomic E-state index is 0.0967. The van der Waals surface area contributed by atoms with Gasteiger partial charge in [-0.25, -0.2) is 4.98 Å². The highest BCUT2D eigenvalue weighted by Crippen LogP contribution is 2.15. The highest BCUT2D eigenvalue weighted by molar-refractivity contribution is 5.47. The zero-order valence-electron chi connectivity index (χ0n) is 14.1. The van der Waals surface area contributed by atoms with Gasteiger partial charge in [0.05, 0.1) is 12.3 Å². The van der Waals surface area contributed by atoms with Crippen LogP contribution in [0.4, 0.5) is 0 Å². The standard InChI is InChI=1S/C19H23N3O2/c1-14-4-3-9-22-11-17(21-19(14)22)13-24-18-7-5-16(6-8-18)10-20-15(2)12-23/h3-9,11,15,20,23H,10,12-13H2,1-2H3. The number of ether oxygens (including phenoxy) is 1. The lowest BCUT2D eigenvalue weighted by atomic mass is 10.2. The fourth-order valence-corrected chi connectivity index (χ4v) is 2.49. The van der Waals surface area contributed by atoms with Gasteiger partial charge in [0.1, 0.15) is 18.0 Å². The molecule has 2 N–H and O–H groups in total. The smallest absolute Gasteiger partial charge is 0.140 e. The van der Waals surface area contributed by atoms with Gasteiger partial charge in [0.15, 0.2) is 0 Å². The highest BCUT2D eigenvalue weighted by atomic mass is 16.5. The average Bonchev–Trinajstić information content (AvgIpc) is 3.03. The van der Waals surface area contributed by atoms with E-state index < -0.39 is 0 Å². The molecule has 5 nitrogen and oxygen atoms in total. The summed E-state index contributed by atoms with van der Waals surface area (Å²) >= 11 is 0. The van der Waals surface area contributed by atoms with E-state index in [1.165, 1.54) is 0 Å². The Labute approximate surface area is 141 Å². The largest absolute Gasteiger partial charge is 0.487 e. The van der Waals surface area contributed by atoms with E-state index in [9.17, 15) is 0 Å². The number of pyridine rings is 1. The van der Waals surface area contributed by atoms with Crippen LogP contribution < -0.4 is 10.1 Å². The molecule has 126 valence electrons. The predicted octanol–water partition coefficient (Wildman–Crippen LogP) is 2.69. The Bertz CT molecular complexity index is 796. The molecule has 5 heteroatoms. The summed E-state index contributed by atoms with van der Waals surface area (Å²) in [5.74, 6) is 0.822. The molecule has 0 aliphatic heterocycles. The van der Waals surface area contributed by atoms with Crippen LogP contribution in [0.2, 0.25) is 0 Å². The van der Waals surface area contributed by atoms with Crippen molar-refractivity contribution in [1.29, 1.82) is 0 Å². The van der Waals surface area contributed by atoms with E-state index in [4.69, 9.17) is 9.84 Å². The van der Waals surface area contributed by atoms with E-state index in [0.29, 0.717) is 6.61 Å². The van der Waals surface area contributed by atoms with Crippen LogP contribution in [-0.2, 0) is 13.2 Å². The number of rotatable bonds is 7. The first-order valence-corrected chi connectivity index (χ1v) is 8.15. The van der Waals surface area contributed by atoms with Crippen LogP contribution in [0, 0.1) is 6.92 Å². The lowest BCUT2D eigenvalue weighted by Crippen LogP contribution is -2.28. The molecule has 0 radical (unpaired) electrons. The molecule has 0 spiro atoms. The van der Waals surface area contributed by atoms with E-state index in [1.54, 1.807) is 0 Å². The lowest BCUT2D eigenvalue weighted by Gasteiger charge is -2.11. The number of nitrogens with zero attached hydrogens (tertiary/aromatic N) is 2. The molecule has 0 saturated heterocycles. The van der Waals surface area contributed by atoms with Crippen molar-refractivity contribution in [3.8, 4) is 5.75 Å². The fourth-order valence-electron chi connectivity index (χ4n) is 2.49. The first-order valence-electron chi connectivity index (χ1n) is 8.15. The molecular weight excluding hydrogens is 302 g/mol. The van der Waals surface area contributed by atoms with Crippen molar-refractivity contribution in [2.45, 2.75) is 33.0 Å². The third-order valence-corrected chi connectivity index (χ3v) is 3.97. The minimum absolute atomic E-state index is 0.0967. The van der Waals surface area contributed by atoms with Gasteiger partial charge in [0.2, 0.25) is 0 Å². The number of hydrogen-bond acceptors (Lipinski definition) is 4. The SMILES string of the molecule is Cc1cccn2cc(COc3ccc(CNC(C)CO)cc3)nc12. The number of benzene rings is 1. The molecule has 24 heavy (non-hydrogen) atoms. The van der Waals surface area contributed by atoms with E-state index in [2.05, 4.69) is 23.3 Å². The Balaban J connectivity index is 1.58. The van der Waals surface area contributed by atoms with Crippen molar-refractivity contribution >= 4 is 5.65 Å². The van der Waals surface area contributed by atoms with Gasteiger partial charge in [-0.05, 0) is 43.2 Å². The Hall–Kier alpha value is -2.37. The maximum Gasteiger partial charge on any atom is 0.140 e. The summed E-state index contributed by atoms with van der Waals surface area (Å²) in [6.45, 7) is 5.32. The number of aliphatic hydroxyl groups excluding tert-OH is 1. The van der Waals surface area contributed by atoms with Crippen LogP contribution >= 0.6 is 0 Å². The molecule has 0 aliphatic rings. The van der Waals surface area contributed by atoms with Crippen molar-refractivity contribution in [3.05, 3.63) is 65.6 Å². The molecule has 3 aromatic rings. The summed E-state index contributed by atoms with van der Waals surface area (Å²) in [6.07, 6.45) is 3.99. The number of fused-ring (bicyclic) bond motifs is 1. The first kappa shape index (κ1) is 16.5. The summed E-state index contributed by atoms with van der Waals surface area (Å²) in [5.41, 5.74) is 4.19. The summed E-state index contributed by atoms with van der Waals surface area (Å²) in [6, 6.07) is 12.1. The number of aryl methyl sites for hydroxylation is 1. The van der Waals surface area contributed by atoms with Gasteiger partial charge in [0, 0.05) is 25.0 Å². The van der Waals surface area contributed by atoms with Crippen LogP contribution in [0.15, 0.2) is 48.8 Å². The summed E-state index contributed by atoms with van der Waals surface area (Å²) in [7, 11) is 0. The van der Waals surface area contributed by atoms with Gasteiger partial charge in [0.25, 0.3) is 0 Å². The number of nitrogens with one attached hydrogen (secondary N) is 1.